The lowest BCUT2D eigenvalue weighted by Crippen LogP contribution is -2.24. The van der Waals surface area contributed by atoms with Crippen LogP contribution in [0.1, 0.15) is 30.3 Å². The van der Waals surface area contributed by atoms with Crippen LogP contribution in [0.15, 0.2) is 29.4 Å². The smallest absolute Gasteiger partial charge is 0.230 e. The predicted molar refractivity (Wildman–Crippen MR) is 88.6 cm³/mol. The van der Waals surface area contributed by atoms with E-state index in [4.69, 9.17) is 4.74 Å². The van der Waals surface area contributed by atoms with E-state index in [1.54, 1.807) is 7.11 Å². The number of hydrogen-bond donors (Lipinski definition) is 1. The zero-order valence-electron chi connectivity index (χ0n) is 13.3. The SMILES string of the molecule is COc1ccc(CNC(=O)CSc2nnc(C)n2C2CC2)cc1. The summed E-state index contributed by atoms with van der Waals surface area (Å²) in [4.78, 5) is 12.0. The summed E-state index contributed by atoms with van der Waals surface area (Å²) in [6.45, 7) is 2.47. The number of carbonyl (C=O) groups is 1. The molecule has 1 aromatic carbocycles. The molecule has 1 aromatic heterocycles. The molecule has 1 amide bonds. The van der Waals surface area contributed by atoms with Gasteiger partial charge in [0.25, 0.3) is 0 Å². The minimum Gasteiger partial charge on any atom is -0.497 e. The summed E-state index contributed by atoms with van der Waals surface area (Å²) in [6, 6.07) is 8.18. The normalized spacial score (nSPS) is 13.8. The number of ether oxygens (including phenoxy) is 1. The van der Waals surface area contributed by atoms with E-state index in [0.717, 1.165) is 22.3 Å². The number of amides is 1. The van der Waals surface area contributed by atoms with Crippen LogP contribution in [-0.2, 0) is 11.3 Å². The Labute approximate surface area is 139 Å². The van der Waals surface area contributed by atoms with Gasteiger partial charge >= 0.3 is 0 Å². The standard InChI is InChI=1S/C16H20N4O2S/c1-11-18-19-16(20(11)13-5-6-13)23-10-15(21)17-9-12-3-7-14(22-2)8-4-12/h3-4,7-8,13H,5-6,9-10H2,1-2H3,(H,17,21). The Bertz CT molecular complexity index is 680. The van der Waals surface area contributed by atoms with Crippen LogP contribution < -0.4 is 10.1 Å². The van der Waals surface area contributed by atoms with Crippen LogP contribution in [0.25, 0.3) is 0 Å². The maximum atomic E-state index is 12.0. The number of thioether (sulfide) groups is 1. The van der Waals surface area contributed by atoms with Gasteiger partial charge in [-0.25, -0.2) is 0 Å². The van der Waals surface area contributed by atoms with Crippen LogP contribution in [0.3, 0.4) is 0 Å². The van der Waals surface area contributed by atoms with Crippen molar-refractivity contribution in [2.45, 2.75) is 37.5 Å². The minimum atomic E-state index is -0.00572. The number of nitrogens with one attached hydrogen (secondary N) is 1. The largest absolute Gasteiger partial charge is 0.497 e. The van der Waals surface area contributed by atoms with E-state index in [9.17, 15) is 4.79 Å². The lowest BCUT2D eigenvalue weighted by atomic mass is 10.2. The van der Waals surface area contributed by atoms with Gasteiger partial charge in [0.15, 0.2) is 5.16 Å². The molecule has 1 heterocycles. The number of aryl methyl sites for hydroxylation is 1. The molecular weight excluding hydrogens is 312 g/mol. The molecule has 122 valence electrons. The molecule has 23 heavy (non-hydrogen) atoms. The maximum Gasteiger partial charge on any atom is 0.230 e. The molecule has 1 fully saturated rings. The number of aromatic nitrogens is 3. The fourth-order valence-corrected chi connectivity index (χ4v) is 3.21. The van der Waals surface area contributed by atoms with E-state index in [-0.39, 0.29) is 5.91 Å². The van der Waals surface area contributed by atoms with Crippen molar-refractivity contribution in [3.05, 3.63) is 35.7 Å². The number of hydrogen-bond acceptors (Lipinski definition) is 5. The lowest BCUT2D eigenvalue weighted by Gasteiger charge is -2.07. The van der Waals surface area contributed by atoms with Gasteiger partial charge in [-0.05, 0) is 37.5 Å². The molecule has 0 unspecified atom stereocenters. The van der Waals surface area contributed by atoms with Crippen molar-refractivity contribution in [1.82, 2.24) is 20.1 Å². The summed E-state index contributed by atoms with van der Waals surface area (Å²) < 4.78 is 7.25. The van der Waals surface area contributed by atoms with E-state index >= 15 is 0 Å². The van der Waals surface area contributed by atoms with Gasteiger partial charge in [-0.1, -0.05) is 23.9 Å². The molecule has 7 heteroatoms. The molecule has 0 saturated heterocycles. The first-order chi connectivity index (χ1) is 11.2. The third-order valence-corrected chi connectivity index (χ3v) is 4.67. The Morgan fingerprint density at radius 1 is 1.35 bits per heavy atom. The third-order valence-electron chi connectivity index (χ3n) is 3.73. The minimum absolute atomic E-state index is 0.00572. The Morgan fingerprint density at radius 3 is 2.74 bits per heavy atom. The highest BCUT2D eigenvalue weighted by atomic mass is 32.2. The van der Waals surface area contributed by atoms with Crippen molar-refractivity contribution >= 4 is 17.7 Å². The van der Waals surface area contributed by atoms with E-state index in [1.807, 2.05) is 31.2 Å². The zero-order valence-corrected chi connectivity index (χ0v) is 14.1. The molecule has 0 radical (unpaired) electrons. The van der Waals surface area contributed by atoms with Crippen LogP contribution in [-0.4, -0.2) is 33.5 Å². The van der Waals surface area contributed by atoms with Gasteiger partial charge in [0.1, 0.15) is 11.6 Å². The van der Waals surface area contributed by atoms with Crippen LogP contribution >= 0.6 is 11.8 Å². The molecular formula is C16H20N4O2S. The van der Waals surface area contributed by atoms with Crippen molar-refractivity contribution in [2.24, 2.45) is 0 Å². The fourth-order valence-electron chi connectivity index (χ4n) is 2.33. The maximum absolute atomic E-state index is 12.0. The van der Waals surface area contributed by atoms with E-state index in [2.05, 4.69) is 20.1 Å². The van der Waals surface area contributed by atoms with Crippen molar-refractivity contribution in [3.8, 4) is 5.75 Å². The van der Waals surface area contributed by atoms with Gasteiger partial charge in [0, 0.05) is 12.6 Å². The number of benzene rings is 1. The predicted octanol–water partition coefficient (Wildman–Crippen LogP) is 2.34. The fraction of sp³-hybridized carbons (Fsp3) is 0.438. The topological polar surface area (TPSA) is 69.0 Å². The lowest BCUT2D eigenvalue weighted by molar-refractivity contribution is -0.118. The van der Waals surface area contributed by atoms with Crippen LogP contribution in [0.4, 0.5) is 0 Å². The highest BCUT2D eigenvalue weighted by Crippen LogP contribution is 2.38. The molecule has 0 aliphatic heterocycles. The Morgan fingerprint density at radius 2 is 2.09 bits per heavy atom. The molecule has 0 bridgehead atoms. The first kappa shape index (κ1) is 15.9. The van der Waals surface area contributed by atoms with Gasteiger partial charge in [-0.3, -0.25) is 4.79 Å². The monoisotopic (exact) mass is 332 g/mol. The first-order valence-electron chi connectivity index (χ1n) is 7.61. The average Bonchev–Trinajstić information content (AvgIpc) is 3.34. The Balaban J connectivity index is 1.48. The molecule has 6 nitrogen and oxygen atoms in total. The van der Waals surface area contributed by atoms with Gasteiger partial charge in [0.2, 0.25) is 5.91 Å². The first-order valence-corrected chi connectivity index (χ1v) is 8.60. The van der Waals surface area contributed by atoms with Gasteiger partial charge < -0.3 is 14.6 Å². The van der Waals surface area contributed by atoms with Gasteiger partial charge in [-0.15, -0.1) is 10.2 Å². The van der Waals surface area contributed by atoms with Crippen molar-refractivity contribution in [3.63, 3.8) is 0 Å². The average molecular weight is 332 g/mol. The Hall–Kier alpha value is -2.02. The summed E-state index contributed by atoms with van der Waals surface area (Å²) in [5.74, 6) is 2.08. The molecule has 0 atom stereocenters. The van der Waals surface area contributed by atoms with Crippen molar-refractivity contribution in [1.29, 1.82) is 0 Å². The quantitative estimate of drug-likeness (QED) is 0.788. The molecule has 1 aliphatic rings. The van der Waals surface area contributed by atoms with Crippen molar-refractivity contribution < 1.29 is 9.53 Å². The third kappa shape index (κ3) is 4.04. The summed E-state index contributed by atoms with van der Waals surface area (Å²) in [7, 11) is 1.64. The molecule has 3 rings (SSSR count). The number of methoxy groups -OCH3 is 1. The highest BCUT2D eigenvalue weighted by Gasteiger charge is 2.28. The Kier molecular flexibility index (Phi) is 4.85. The number of rotatable bonds is 7. The van der Waals surface area contributed by atoms with Crippen LogP contribution in [0, 0.1) is 6.92 Å². The van der Waals surface area contributed by atoms with Gasteiger partial charge in [-0.2, -0.15) is 0 Å². The zero-order chi connectivity index (χ0) is 16.2. The molecule has 0 spiro atoms. The highest BCUT2D eigenvalue weighted by molar-refractivity contribution is 7.99. The summed E-state index contributed by atoms with van der Waals surface area (Å²) in [6.07, 6.45) is 2.35. The molecule has 1 N–H and O–H groups in total. The molecule has 1 saturated carbocycles. The van der Waals surface area contributed by atoms with Crippen molar-refractivity contribution in [2.75, 3.05) is 12.9 Å². The van der Waals surface area contributed by atoms with Gasteiger partial charge in [0.05, 0.1) is 12.9 Å². The van der Waals surface area contributed by atoms with E-state index in [0.29, 0.717) is 18.3 Å². The van der Waals surface area contributed by atoms with E-state index in [1.165, 1.54) is 24.6 Å². The molecule has 2 aromatic rings. The van der Waals surface area contributed by atoms with Crippen LogP contribution in [0.2, 0.25) is 0 Å². The number of nitrogens with zero attached hydrogens (tertiary/aromatic N) is 3. The summed E-state index contributed by atoms with van der Waals surface area (Å²) in [5, 5.41) is 12.0. The van der Waals surface area contributed by atoms with E-state index < -0.39 is 0 Å². The number of carbonyl (C=O) groups excluding carboxylic acids is 1. The molecule has 1 aliphatic carbocycles. The second-order valence-corrected chi connectivity index (χ2v) is 6.49. The van der Waals surface area contributed by atoms with Crippen LogP contribution in [0.5, 0.6) is 5.75 Å². The summed E-state index contributed by atoms with van der Waals surface area (Å²) >= 11 is 1.44. The second kappa shape index (κ2) is 7.04. The second-order valence-electron chi connectivity index (χ2n) is 5.54. The summed E-state index contributed by atoms with van der Waals surface area (Å²) in [5.41, 5.74) is 1.04.